The van der Waals surface area contributed by atoms with Gasteiger partial charge < -0.3 is 0 Å². The van der Waals surface area contributed by atoms with Gasteiger partial charge in [-0.1, -0.05) is 36.8 Å². The van der Waals surface area contributed by atoms with E-state index in [1.54, 1.807) is 22.2 Å². The smallest absolute Gasteiger partial charge is 0.275 e. The first-order chi connectivity index (χ1) is 13.3. The normalized spacial score (nSPS) is 18.3. The van der Waals surface area contributed by atoms with E-state index < -0.39 is 0 Å². The Bertz CT molecular complexity index is 1130. The van der Waals surface area contributed by atoms with Gasteiger partial charge in [-0.15, -0.1) is 11.3 Å². The first kappa shape index (κ1) is 16.6. The fraction of sp³-hybridized carbons (Fsp3) is 0.286. The van der Waals surface area contributed by atoms with Crippen molar-refractivity contribution in [2.75, 3.05) is 6.54 Å². The third kappa shape index (κ3) is 3.05. The van der Waals surface area contributed by atoms with Crippen LogP contribution in [0.3, 0.4) is 0 Å². The standard InChI is InChI=1S/C21H20N4OS/c26-21-16-8-2-1-7-15(16)13-22-25(21)14-24-12-6-5-10-18(24)20-23-17-9-3-4-11-19(17)27-20/h1-4,7-9,11,13,18H,5-6,10,12,14H2/t18-/m1/s1. The molecule has 2 aromatic carbocycles. The lowest BCUT2D eigenvalue weighted by molar-refractivity contribution is 0.102. The van der Waals surface area contributed by atoms with E-state index in [1.165, 1.54) is 11.1 Å². The SMILES string of the molecule is O=c1c2ccccc2cnn1CN1CCCC[C@@H]1c1nc2ccccc2s1. The summed E-state index contributed by atoms with van der Waals surface area (Å²) in [5.41, 5.74) is 1.03. The molecular formula is C21H20N4OS. The summed E-state index contributed by atoms with van der Waals surface area (Å²) in [4.78, 5) is 20.1. The van der Waals surface area contributed by atoms with Crippen LogP contribution in [0.15, 0.2) is 59.5 Å². The van der Waals surface area contributed by atoms with E-state index >= 15 is 0 Å². The number of benzene rings is 2. The summed E-state index contributed by atoms with van der Waals surface area (Å²) in [5, 5.41) is 7.17. The molecule has 0 unspecified atom stereocenters. The number of hydrogen-bond acceptors (Lipinski definition) is 5. The van der Waals surface area contributed by atoms with Gasteiger partial charge in [-0.05, 0) is 31.0 Å². The molecule has 6 heteroatoms. The zero-order valence-electron chi connectivity index (χ0n) is 14.9. The highest BCUT2D eigenvalue weighted by Gasteiger charge is 2.27. The number of piperidine rings is 1. The molecule has 136 valence electrons. The molecule has 4 aromatic rings. The summed E-state index contributed by atoms with van der Waals surface area (Å²) >= 11 is 1.76. The topological polar surface area (TPSA) is 51.0 Å². The molecule has 0 spiro atoms. The van der Waals surface area contributed by atoms with Crippen LogP contribution in [-0.2, 0) is 6.67 Å². The third-order valence-corrected chi connectivity index (χ3v) is 6.42. The van der Waals surface area contributed by atoms with E-state index in [1.807, 2.05) is 30.3 Å². The van der Waals surface area contributed by atoms with Crippen molar-refractivity contribution in [1.29, 1.82) is 0 Å². The summed E-state index contributed by atoms with van der Waals surface area (Å²) < 4.78 is 2.81. The molecule has 5 rings (SSSR count). The van der Waals surface area contributed by atoms with Crippen LogP contribution in [0.5, 0.6) is 0 Å². The van der Waals surface area contributed by atoms with Crippen molar-refractivity contribution >= 4 is 32.3 Å². The van der Waals surface area contributed by atoms with Gasteiger partial charge in [0.15, 0.2) is 0 Å². The van der Waals surface area contributed by atoms with E-state index in [4.69, 9.17) is 4.98 Å². The van der Waals surface area contributed by atoms with Gasteiger partial charge in [-0.25, -0.2) is 9.67 Å². The Morgan fingerprint density at radius 3 is 2.85 bits per heavy atom. The maximum Gasteiger partial charge on any atom is 0.275 e. The number of nitrogens with zero attached hydrogens (tertiary/aromatic N) is 4. The molecule has 1 saturated heterocycles. The van der Waals surface area contributed by atoms with Gasteiger partial charge in [-0.2, -0.15) is 5.10 Å². The molecule has 1 aliphatic rings. The third-order valence-electron chi connectivity index (χ3n) is 5.29. The lowest BCUT2D eigenvalue weighted by Crippen LogP contribution is -2.39. The summed E-state index contributed by atoms with van der Waals surface area (Å²) in [6, 6.07) is 16.2. The summed E-state index contributed by atoms with van der Waals surface area (Å²) in [6.45, 7) is 1.46. The average Bonchev–Trinajstić information content (AvgIpc) is 3.15. The van der Waals surface area contributed by atoms with Crippen molar-refractivity contribution in [1.82, 2.24) is 19.7 Å². The van der Waals surface area contributed by atoms with Gasteiger partial charge in [0, 0.05) is 11.9 Å². The number of fused-ring (bicyclic) bond motifs is 2. The van der Waals surface area contributed by atoms with Gasteiger partial charge in [0.1, 0.15) is 5.01 Å². The summed E-state index contributed by atoms with van der Waals surface area (Å²) in [7, 11) is 0. The Kier molecular flexibility index (Phi) is 4.22. The Morgan fingerprint density at radius 1 is 1.07 bits per heavy atom. The maximum absolute atomic E-state index is 12.8. The zero-order chi connectivity index (χ0) is 18.2. The second-order valence-electron chi connectivity index (χ2n) is 7.02. The predicted molar refractivity (Wildman–Crippen MR) is 109 cm³/mol. The molecule has 1 fully saturated rings. The van der Waals surface area contributed by atoms with Crippen LogP contribution in [0.25, 0.3) is 21.0 Å². The molecule has 1 aliphatic heterocycles. The van der Waals surface area contributed by atoms with Gasteiger partial charge in [0.25, 0.3) is 5.56 Å². The van der Waals surface area contributed by atoms with Crippen molar-refractivity contribution < 1.29 is 0 Å². The van der Waals surface area contributed by atoms with E-state index in [2.05, 4.69) is 28.2 Å². The van der Waals surface area contributed by atoms with E-state index in [-0.39, 0.29) is 11.6 Å². The first-order valence-electron chi connectivity index (χ1n) is 9.34. The highest BCUT2D eigenvalue weighted by molar-refractivity contribution is 7.18. The minimum absolute atomic E-state index is 0.0262. The largest absolute Gasteiger partial charge is 0.275 e. The molecular weight excluding hydrogens is 356 g/mol. The molecule has 3 heterocycles. The molecule has 0 aliphatic carbocycles. The number of para-hydroxylation sites is 1. The number of rotatable bonds is 3. The maximum atomic E-state index is 12.8. The van der Waals surface area contributed by atoms with E-state index in [9.17, 15) is 4.79 Å². The van der Waals surface area contributed by atoms with Crippen LogP contribution in [-0.4, -0.2) is 26.2 Å². The second kappa shape index (κ2) is 6.87. The Morgan fingerprint density at radius 2 is 1.93 bits per heavy atom. The van der Waals surface area contributed by atoms with E-state index in [0.717, 1.165) is 40.7 Å². The molecule has 27 heavy (non-hydrogen) atoms. The molecule has 0 N–H and O–H groups in total. The fourth-order valence-corrected chi connectivity index (χ4v) is 5.01. The van der Waals surface area contributed by atoms with Gasteiger partial charge in [-0.3, -0.25) is 9.69 Å². The fourth-order valence-electron chi connectivity index (χ4n) is 3.87. The Labute approximate surface area is 160 Å². The number of hydrogen-bond donors (Lipinski definition) is 0. The average molecular weight is 376 g/mol. The van der Waals surface area contributed by atoms with Crippen LogP contribution < -0.4 is 5.56 Å². The van der Waals surface area contributed by atoms with Crippen LogP contribution in [0, 0.1) is 0 Å². The zero-order valence-corrected chi connectivity index (χ0v) is 15.7. The van der Waals surface area contributed by atoms with Crippen LogP contribution >= 0.6 is 11.3 Å². The number of aromatic nitrogens is 3. The van der Waals surface area contributed by atoms with Crippen LogP contribution in [0.1, 0.15) is 30.3 Å². The highest BCUT2D eigenvalue weighted by Crippen LogP contribution is 2.35. The van der Waals surface area contributed by atoms with Crippen molar-refractivity contribution in [3.63, 3.8) is 0 Å². The monoisotopic (exact) mass is 376 g/mol. The molecule has 0 amide bonds. The quantitative estimate of drug-likeness (QED) is 0.538. The predicted octanol–water partition coefficient (Wildman–Crippen LogP) is 4.19. The Hall–Kier alpha value is -2.57. The highest BCUT2D eigenvalue weighted by atomic mass is 32.1. The van der Waals surface area contributed by atoms with Crippen molar-refractivity contribution in [2.24, 2.45) is 0 Å². The van der Waals surface area contributed by atoms with Crippen molar-refractivity contribution in [3.05, 3.63) is 70.1 Å². The minimum atomic E-state index is -0.0262. The van der Waals surface area contributed by atoms with E-state index in [0.29, 0.717) is 6.67 Å². The van der Waals surface area contributed by atoms with Crippen LogP contribution in [0.2, 0.25) is 0 Å². The second-order valence-corrected chi connectivity index (χ2v) is 8.08. The van der Waals surface area contributed by atoms with Gasteiger partial charge in [0.2, 0.25) is 0 Å². The summed E-state index contributed by atoms with van der Waals surface area (Å²) in [6.07, 6.45) is 5.19. The molecule has 0 saturated carbocycles. The molecule has 1 atom stereocenters. The van der Waals surface area contributed by atoms with Crippen LogP contribution in [0.4, 0.5) is 0 Å². The molecule has 2 aromatic heterocycles. The van der Waals surface area contributed by atoms with Crippen molar-refractivity contribution in [3.8, 4) is 0 Å². The number of likely N-dealkylation sites (tertiary alicyclic amines) is 1. The van der Waals surface area contributed by atoms with Gasteiger partial charge in [0.05, 0.1) is 34.5 Å². The molecule has 5 nitrogen and oxygen atoms in total. The minimum Gasteiger partial charge on any atom is -0.275 e. The van der Waals surface area contributed by atoms with Crippen molar-refractivity contribution in [2.45, 2.75) is 32.0 Å². The Balaban J connectivity index is 1.49. The lowest BCUT2D eigenvalue weighted by Gasteiger charge is -2.34. The molecule has 0 bridgehead atoms. The molecule has 0 radical (unpaired) electrons. The lowest BCUT2D eigenvalue weighted by atomic mass is 10.0. The summed E-state index contributed by atoms with van der Waals surface area (Å²) in [5.74, 6) is 0. The number of thiazole rings is 1. The first-order valence-corrected chi connectivity index (χ1v) is 10.2. The van der Waals surface area contributed by atoms with Gasteiger partial charge >= 0.3 is 0 Å².